The average molecular weight is 266 g/mol. The minimum atomic E-state index is -0.182. The second-order valence-corrected chi connectivity index (χ2v) is 4.32. The summed E-state index contributed by atoms with van der Waals surface area (Å²) in [6.07, 6.45) is 3.69. The van der Waals surface area contributed by atoms with Crippen LogP contribution < -0.4 is 15.8 Å². The number of ether oxygens (including phenoxy) is 1. The van der Waals surface area contributed by atoms with Crippen LogP contribution in [0.15, 0.2) is 18.2 Å². The van der Waals surface area contributed by atoms with Crippen molar-refractivity contribution in [3.05, 3.63) is 23.8 Å². The molecule has 0 aliphatic heterocycles. The quantitative estimate of drug-likeness (QED) is 0.492. The van der Waals surface area contributed by atoms with Gasteiger partial charge in [-0.1, -0.05) is 18.9 Å². The lowest BCUT2D eigenvalue weighted by molar-refractivity contribution is 0.0953. The van der Waals surface area contributed by atoms with Gasteiger partial charge in [0.05, 0.1) is 18.4 Å². The average Bonchev–Trinajstić information content (AvgIpc) is 2.42. The molecule has 0 spiro atoms. The first-order valence-electron chi connectivity index (χ1n) is 6.52. The van der Waals surface area contributed by atoms with Crippen LogP contribution >= 0.6 is 0 Å². The number of hydrogen-bond acceptors (Lipinski definition) is 4. The number of para-hydroxylation sites is 1. The van der Waals surface area contributed by atoms with Crippen LogP contribution in [0.1, 0.15) is 36.0 Å². The second kappa shape index (κ2) is 8.37. The zero-order valence-corrected chi connectivity index (χ0v) is 11.3. The molecule has 5 heteroatoms. The number of nitrogens with one attached hydrogen (secondary N) is 1. The van der Waals surface area contributed by atoms with Gasteiger partial charge in [0.15, 0.2) is 0 Å². The number of carbonyl (C=O) groups excluding carboxylic acids is 1. The van der Waals surface area contributed by atoms with Gasteiger partial charge in [0.25, 0.3) is 5.91 Å². The summed E-state index contributed by atoms with van der Waals surface area (Å²) in [4.78, 5) is 11.9. The van der Waals surface area contributed by atoms with Gasteiger partial charge in [0.2, 0.25) is 0 Å². The van der Waals surface area contributed by atoms with E-state index in [1.54, 1.807) is 18.2 Å². The maximum absolute atomic E-state index is 11.9. The fourth-order valence-electron chi connectivity index (χ4n) is 1.81. The molecule has 1 rings (SSSR count). The molecule has 0 heterocycles. The standard InChI is InChI=1S/C14H22N2O3/c1-19-12-8-6-7-11(13(12)15)14(18)16-9-4-2-3-5-10-17/h6-8,17H,2-5,9-10,15H2,1H3,(H,16,18). The van der Waals surface area contributed by atoms with Crippen LogP contribution in [0.3, 0.4) is 0 Å². The van der Waals surface area contributed by atoms with E-state index in [0.29, 0.717) is 23.5 Å². The number of benzene rings is 1. The third-order valence-corrected chi connectivity index (χ3v) is 2.90. The number of nitrogens with two attached hydrogens (primary N) is 1. The minimum Gasteiger partial charge on any atom is -0.495 e. The van der Waals surface area contributed by atoms with Crippen LogP contribution in [0.25, 0.3) is 0 Å². The molecule has 19 heavy (non-hydrogen) atoms. The van der Waals surface area contributed by atoms with Crippen molar-refractivity contribution in [2.75, 3.05) is 26.0 Å². The zero-order chi connectivity index (χ0) is 14.1. The van der Waals surface area contributed by atoms with Gasteiger partial charge in [0.1, 0.15) is 5.75 Å². The predicted octanol–water partition coefficient (Wildman–Crippen LogP) is 1.56. The maximum atomic E-state index is 11.9. The van der Waals surface area contributed by atoms with E-state index >= 15 is 0 Å². The van der Waals surface area contributed by atoms with Crippen LogP contribution in [0.4, 0.5) is 5.69 Å². The molecule has 0 atom stereocenters. The number of rotatable bonds is 8. The van der Waals surface area contributed by atoms with Crippen molar-refractivity contribution in [1.82, 2.24) is 5.32 Å². The Morgan fingerprint density at radius 3 is 2.74 bits per heavy atom. The SMILES string of the molecule is COc1cccc(C(=O)NCCCCCCO)c1N. The Kier molecular flexibility index (Phi) is 6.74. The summed E-state index contributed by atoms with van der Waals surface area (Å²) in [5.74, 6) is 0.328. The van der Waals surface area contributed by atoms with Crippen molar-refractivity contribution in [2.45, 2.75) is 25.7 Å². The van der Waals surface area contributed by atoms with Crippen molar-refractivity contribution in [2.24, 2.45) is 0 Å². The lowest BCUT2D eigenvalue weighted by Crippen LogP contribution is -2.25. The molecule has 1 aromatic carbocycles. The molecule has 0 fully saturated rings. The molecule has 0 bridgehead atoms. The molecular formula is C14H22N2O3. The molecule has 0 radical (unpaired) electrons. The summed E-state index contributed by atoms with van der Waals surface area (Å²) in [6, 6.07) is 5.14. The fraction of sp³-hybridized carbons (Fsp3) is 0.500. The molecule has 106 valence electrons. The van der Waals surface area contributed by atoms with Crippen LogP contribution in [-0.2, 0) is 0 Å². The number of anilines is 1. The van der Waals surface area contributed by atoms with Crippen molar-refractivity contribution in [3.63, 3.8) is 0 Å². The van der Waals surface area contributed by atoms with Crippen LogP contribution in [0.2, 0.25) is 0 Å². The molecule has 4 N–H and O–H groups in total. The summed E-state index contributed by atoms with van der Waals surface area (Å²) in [5, 5.41) is 11.5. The van der Waals surface area contributed by atoms with E-state index in [2.05, 4.69) is 5.32 Å². The maximum Gasteiger partial charge on any atom is 0.253 e. The van der Waals surface area contributed by atoms with Crippen molar-refractivity contribution in [1.29, 1.82) is 0 Å². The largest absolute Gasteiger partial charge is 0.495 e. The van der Waals surface area contributed by atoms with Crippen LogP contribution in [-0.4, -0.2) is 31.3 Å². The van der Waals surface area contributed by atoms with Crippen molar-refractivity contribution in [3.8, 4) is 5.75 Å². The first-order chi connectivity index (χ1) is 9.20. The minimum absolute atomic E-state index is 0.182. The third kappa shape index (κ3) is 4.79. The highest BCUT2D eigenvalue weighted by Gasteiger charge is 2.12. The molecule has 0 saturated carbocycles. The Hall–Kier alpha value is -1.75. The number of amides is 1. The number of hydrogen-bond donors (Lipinski definition) is 3. The number of unbranched alkanes of at least 4 members (excludes halogenated alkanes) is 3. The lowest BCUT2D eigenvalue weighted by Gasteiger charge is -2.10. The van der Waals surface area contributed by atoms with E-state index in [9.17, 15) is 4.79 Å². The number of carbonyl (C=O) groups is 1. The van der Waals surface area contributed by atoms with Crippen molar-refractivity contribution < 1.29 is 14.6 Å². The van der Waals surface area contributed by atoms with Gasteiger partial charge in [-0.15, -0.1) is 0 Å². The van der Waals surface area contributed by atoms with E-state index in [1.807, 2.05) is 0 Å². The molecule has 0 unspecified atom stereocenters. The first kappa shape index (κ1) is 15.3. The molecule has 0 aliphatic rings. The topological polar surface area (TPSA) is 84.6 Å². The summed E-state index contributed by atoms with van der Waals surface area (Å²) in [5.41, 5.74) is 6.65. The smallest absolute Gasteiger partial charge is 0.253 e. The molecule has 0 aliphatic carbocycles. The van der Waals surface area contributed by atoms with E-state index in [1.165, 1.54) is 7.11 Å². The van der Waals surface area contributed by atoms with Gasteiger partial charge in [-0.05, 0) is 25.0 Å². The first-order valence-corrected chi connectivity index (χ1v) is 6.52. The molecule has 5 nitrogen and oxygen atoms in total. The molecule has 0 saturated heterocycles. The van der Waals surface area contributed by atoms with Gasteiger partial charge in [-0.2, -0.15) is 0 Å². The molecule has 1 amide bonds. The summed E-state index contributed by atoms with van der Waals surface area (Å²) in [7, 11) is 1.52. The summed E-state index contributed by atoms with van der Waals surface area (Å²) in [6.45, 7) is 0.841. The number of nitrogen functional groups attached to an aromatic ring is 1. The molecule has 1 aromatic rings. The van der Waals surface area contributed by atoms with Crippen LogP contribution in [0, 0.1) is 0 Å². The Balaban J connectivity index is 2.41. The second-order valence-electron chi connectivity index (χ2n) is 4.32. The Bertz CT molecular complexity index is 408. The third-order valence-electron chi connectivity index (χ3n) is 2.90. The van der Waals surface area contributed by atoms with Gasteiger partial charge in [0, 0.05) is 13.2 Å². The number of methoxy groups -OCH3 is 1. The monoisotopic (exact) mass is 266 g/mol. The van der Waals surface area contributed by atoms with Crippen molar-refractivity contribution >= 4 is 11.6 Å². The summed E-state index contributed by atoms with van der Waals surface area (Å²) >= 11 is 0. The van der Waals surface area contributed by atoms with Gasteiger partial charge < -0.3 is 20.9 Å². The van der Waals surface area contributed by atoms with E-state index < -0.39 is 0 Å². The molecular weight excluding hydrogens is 244 g/mol. The predicted molar refractivity (Wildman–Crippen MR) is 75.3 cm³/mol. The highest BCUT2D eigenvalue weighted by atomic mass is 16.5. The normalized spacial score (nSPS) is 10.2. The van der Waals surface area contributed by atoms with E-state index in [4.69, 9.17) is 15.6 Å². The van der Waals surface area contributed by atoms with E-state index in [-0.39, 0.29) is 12.5 Å². The van der Waals surface area contributed by atoms with Crippen LogP contribution in [0.5, 0.6) is 5.75 Å². The number of aliphatic hydroxyl groups is 1. The summed E-state index contributed by atoms with van der Waals surface area (Å²) < 4.78 is 5.08. The van der Waals surface area contributed by atoms with Gasteiger partial charge in [-0.25, -0.2) is 0 Å². The van der Waals surface area contributed by atoms with Gasteiger partial charge in [-0.3, -0.25) is 4.79 Å². The van der Waals surface area contributed by atoms with Gasteiger partial charge >= 0.3 is 0 Å². The lowest BCUT2D eigenvalue weighted by atomic mass is 10.1. The van der Waals surface area contributed by atoms with E-state index in [0.717, 1.165) is 25.7 Å². The fourth-order valence-corrected chi connectivity index (χ4v) is 1.81. The Labute approximate surface area is 113 Å². The molecule has 0 aromatic heterocycles. The number of aliphatic hydroxyl groups excluding tert-OH is 1. The highest BCUT2D eigenvalue weighted by molar-refractivity contribution is 6.00. The Morgan fingerprint density at radius 2 is 2.05 bits per heavy atom. The Morgan fingerprint density at radius 1 is 1.32 bits per heavy atom. The zero-order valence-electron chi connectivity index (χ0n) is 11.3. The highest BCUT2D eigenvalue weighted by Crippen LogP contribution is 2.24.